The first-order valence-electron chi connectivity index (χ1n) is 7.87. The maximum Gasteiger partial charge on any atom is 0.414 e. The topological polar surface area (TPSA) is 87.7 Å². The second kappa shape index (κ2) is 7.22. The summed E-state index contributed by atoms with van der Waals surface area (Å²) in [6.07, 6.45) is -0.438. The number of nitrogens with one attached hydrogen (secondary N) is 2. The Labute approximate surface area is 148 Å². The van der Waals surface area contributed by atoms with Crippen LogP contribution in [0, 0.1) is 5.82 Å². The molecular formula is C18H16FN3O4. The van der Waals surface area contributed by atoms with Crippen molar-refractivity contribution >= 4 is 35.0 Å². The van der Waals surface area contributed by atoms with Crippen LogP contribution in [0.2, 0.25) is 0 Å². The fourth-order valence-corrected chi connectivity index (χ4v) is 2.53. The molecule has 1 fully saturated rings. The zero-order valence-corrected chi connectivity index (χ0v) is 13.9. The minimum absolute atomic E-state index is 0.0706. The predicted molar refractivity (Wildman–Crippen MR) is 93.8 cm³/mol. The molecule has 2 aromatic rings. The number of nitrogens with zero attached hydrogens (tertiary/aromatic N) is 1. The summed E-state index contributed by atoms with van der Waals surface area (Å²) in [5.74, 6) is -1.55. The number of cyclic esters (lactones) is 1. The van der Waals surface area contributed by atoms with Crippen LogP contribution in [0.5, 0.6) is 0 Å². The van der Waals surface area contributed by atoms with E-state index in [2.05, 4.69) is 10.6 Å². The highest BCUT2D eigenvalue weighted by atomic mass is 19.1. The molecule has 1 aliphatic heterocycles. The van der Waals surface area contributed by atoms with Crippen molar-refractivity contribution in [3.63, 3.8) is 0 Å². The van der Waals surface area contributed by atoms with Gasteiger partial charge < -0.3 is 15.4 Å². The van der Waals surface area contributed by atoms with E-state index in [9.17, 15) is 18.8 Å². The van der Waals surface area contributed by atoms with E-state index >= 15 is 0 Å². The Morgan fingerprint density at radius 2 is 1.96 bits per heavy atom. The monoisotopic (exact) mass is 357 g/mol. The van der Waals surface area contributed by atoms with Crippen LogP contribution in [0.15, 0.2) is 42.5 Å². The lowest BCUT2D eigenvalue weighted by molar-refractivity contribution is -0.114. The lowest BCUT2D eigenvalue weighted by Crippen LogP contribution is -2.23. The first-order valence-corrected chi connectivity index (χ1v) is 7.87. The van der Waals surface area contributed by atoms with Gasteiger partial charge in [0.1, 0.15) is 12.4 Å². The van der Waals surface area contributed by atoms with Gasteiger partial charge in [0.2, 0.25) is 5.91 Å². The number of amides is 3. The summed E-state index contributed by atoms with van der Waals surface area (Å²) in [7, 11) is 0. The summed E-state index contributed by atoms with van der Waals surface area (Å²) >= 11 is 0. The highest BCUT2D eigenvalue weighted by Gasteiger charge is 2.23. The summed E-state index contributed by atoms with van der Waals surface area (Å²) < 4.78 is 18.6. The van der Waals surface area contributed by atoms with E-state index in [-0.39, 0.29) is 11.3 Å². The Balaban J connectivity index is 1.78. The maximum atomic E-state index is 13.7. The average Bonchev–Trinajstić information content (AvgIpc) is 3.02. The Bertz CT molecular complexity index is 884. The Morgan fingerprint density at radius 1 is 1.15 bits per heavy atom. The Kier molecular flexibility index (Phi) is 4.83. The van der Waals surface area contributed by atoms with Crippen LogP contribution < -0.4 is 15.5 Å². The van der Waals surface area contributed by atoms with Gasteiger partial charge in [-0.2, -0.15) is 0 Å². The van der Waals surface area contributed by atoms with Crippen molar-refractivity contribution in [3.05, 3.63) is 53.8 Å². The molecule has 2 N–H and O–H groups in total. The lowest BCUT2D eigenvalue weighted by Gasteiger charge is -2.14. The summed E-state index contributed by atoms with van der Waals surface area (Å²) in [6.45, 7) is 2.01. The van der Waals surface area contributed by atoms with E-state index in [1.165, 1.54) is 24.0 Å². The van der Waals surface area contributed by atoms with Gasteiger partial charge in [0.05, 0.1) is 12.2 Å². The summed E-state index contributed by atoms with van der Waals surface area (Å²) in [4.78, 5) is 36.6. The molecular weight excluding hydrogens is 341 g/mol. The molecule has 0 radical (unpaired) electrons. The largest absolute Gasteiger partial charge is 0.447 e. The molecule has 0 aliphatic carbocycles. The van der Waals surface area contributed by atoms with Crippen molar-refractivity contribution in [1.29, 1.82) is 0 Å². The average molecular weight is 357 g/mol. The molecule has 3 amide bonds. The number of rotatable bonds is 4. The van der Waals surface area contributed by atoms with Gasteiger partial charge >= 0.3 is 6.09 Å². The number of hydrogen-bond acceptors (Lipinski definition) is 4. The molecule has 3 rings (SSSR count). The van der Waals surface area contributed by atoms with Gasteiger partial charge in [-0.3, -0.25) is 14.5 Å². The first-order chi connectivity index (χ1) is 12.4. The van der Waals surface area contributed by atoms with Crippen LogP contribution in [0.4, 0.5) is 26.2 Å². The second-order valence-electron chi connectivity index (χ2n) is 5.65. The van der Waals surface area contributed by atoms with Gasteiger partial charge in [0, 0.05) is 23.9 Å². The van der Waals surface area contributed by atoms with Crippen molar-refractivity contribution in [3.8, 4) is 0 Å². The smallest absolute Gasteiger partial charge is 0.414 e. The quantitative estimate of drug-likeness (QED) is 0.881. The molecule has 7 nitrogen and oxygen atoms in total. The third-order valence-corrected chi connectivity index (χ3v) is 3.72. The molecule has 0 unspecified atom stereocenters. The molecule has 1 heterocycles. The van der Waals surface area contributed by atoms with Gasteiger partial charge in [0.15, 0.2) is 0 Å². The zero-order chi connectivity index (χ0) is 18.7. The van der Waals surface area contributed by atoms with Crippen molar-refractivity contribution in [1.82, 2.24) is 0 Å². The van der Waals surface area contributed by atoms with Crippen LogP contribution in [-0.4, -0.2) is 31.1 Å². The molecule has 1 saturated heterocycles. The summed E-state index contributed by atoms with van der Waals surface area (Å²) in [5.41, 5.74) is 1.18. The molecule has 2 aromatic carbocycles. The van der Waals surface area contributed by atoms with Crippen LogP contribution in [0.25, 0.3) is 0 Å². The first kappa shape index (κ1) is 17.4. The van der Waals surface area contributed by atoms with Crippen molar-refractivity contribution in [2.75, 3.05) is 28.7 Å². The molecule has 0 saturated carbocycles. The van der Waals surface area contributed by atoms with Crippen molar-refractivity contribution in [2.24, 2.45) is 0 Å². The van der Waals surface area contributed by atoms with Crippen molar-refractivity contribution in [2.45, 2.75) is 6.92 Å². The van der Waals surface area contributed by atoms with E-state index in [1.807, 2.05) is 0 Å². The summed E-state index contributed by atoms with van der Waals surface area (Å²) in [5, 5.41) is 5.02. The fraction of sp³-hybridized carbons (Fsp3) is 0.167. The van der Waals surface area contributed by atoms with E-state index in [1.54, 1.807) is 24.3 Å². The van der Waals surface area contributed by atoms with E-state index in [4.69, 9.17) is 4.74 Å². The third kappa shape index (κ3) is 3.80. The minimum atomic E-state index is -0.633. The predicted octanol–water partition coefficient (Wildman–Crippen LogP) is 2.99. The highest BCUT2D eigenvalue weighted by Crippen LogP contribution is 2.23. The minimum Gasteiger partial charge on any atom is -0.447 e. The molecule has 0 aromatic heterocycles. The third-order valence-electron chi connectivity index (χ3n) is 3.72. The van der Waals surface area contributed by atoms with Gasteiger partial charge in [-0.05, 0) is 36.4 Å². The molecule has 0 spiro atoms. The standard InChI is InChI=1S/C18H16FN3O4/c1-11(23)20-16-9-12(5-6-15(16)19)17(24)21-13-3-2-4-14(10-13)22-7-8-26-18(22)25/h2-6,9-10H,7-8H2,1H3,(H,20,23)(H,21,24). The number of hydrogen-bond donors (Lipinski definition) is 2. The van der Waals surface area contributed by atoms with Crippen LogP contribution >= 0.6 is 0 Å². The maximum absolute atomic E-state index is 13.7. The molecule has 8 heteroatoms. The van der Waals surface area contributed by atoms with E-state index in [0.717, 1.165) is 6.07 Å². The highest BCUT2D eigenvalue weighted by molar-refractivity contribution is 6.05. The number of benzene rings is 2. The number of carbonyl (C=O) groups is 3. The summed E-state index contributed by atoms with van der Waals surface area (Å²) in [6, 6.07) is 10.4. The molecule has 0 bridgehead atoms. The fourth-order valence-electron chi connectivity index (χ4n) is 2.53. The lowest BCUT2D eigenvalue weighted by atomic mass is 10.1. The molecule has 26 heavy (non-hydrogen) atoms. The number of carbonyl (C=O) groups excluding carboxylic acids is 3. The van der Waals surface area contributed by atoms with E-state index < -0.39 is 23.7 Å². The SMILES string of the molecule is CC(=O)Nc1cc(C(=O)Nc2cccc(N3CCOC3=O)c2)ccc1F. The van der Waals surface area contributed by atoms with Crippen molar-refractivity contribution < 1.29 is 23.5 Å². The van der Waals surface area contributed by atoms with Crippen LogP contribution in [0.3, 0.4) is 0 Å². The number of halogens is 1. The number of anilines is 3. The normalized spacial score (nSPS) is 13.3. The molecule has 0 atom stereocenters. The van der Waals surface area contributed by atoms with E-state index in [0.29, 0.717) is 24.5 Å². The van der Waals surface area contributed by atoms with Crippen LogP contribution in [-0.2, 0) is 9.53 Å². The van der Waals surface area contributed by atoms with Gasteiger partial charge in [0.25, 0.3) is 5.91 Å². The van der Waals surface area contributed by atoms with Gasteiger partial charge in [-0.25, -0.2) is 9.18 Å². The molecule has 1 aliphatic rings. The van der Waals surface area contributed by atoms with Crippen LogP contribution in [0.1, 0.15) is 17.3 Å². The molecule has 134 valence electrons. The Morgan fingerprint density at radius 3 is 2.65 bits per heavy atom. The van der Waals surface area contributed by atoms with Gasteiger partial charge in [-0.15, -0.1) is 0 Å². The number of ether oxygens (including phenoxy) is 1. The zero-order valence-electron chi connectivity index (χ0n) is 13.9. The second-order valence-corrected chi connectivity index (χ2v) is 5.65. The Hall–Kier alpha value is -3.42. The van der Waals surface area contributed by atoms with Gasteiger partial charge in [-0.1, -0.05) is 6.07 Å².